The molecule has 2 rings (SSSR count). The molecule has 1 atom stereocenters. The minimum atomic E-state index is -3.50. The van der Waals surface area contributed by atoms with Crippen molar-refractivity contribution in [2.24, 2.45) is 0 Å². The summed E-state index contributed by atoms with van der Waals surface area (Å²) in [5.74, 6) is 0. The van der Waals surface area contributed by atoms with Gasteiger partial charge in [-0.3, -0.25) is 0 Å². The van der Waals surface area contributed by atoms with Gasteiger partial charge in [0.1, 0.15) is 5.25 Å². The highest BCUT2D eigenvalue weighted by Crippen LogP contribution is 2.29. The third-order valence-corrected chi connectivity index (χ3v) is 6.61. The molecule has 0 radical (unpaired) electrons. The van der Waals surface area contributed by atoms with Crippen LogP contribution in [0.2, 0.25) is 5.02 Å². The van der Waals surface area contributed by atoms with E-state index in [2.05, 4.69) is 24.5 Å². The van der Waals surface area contributed by atoms with Crippen molar-refractivity contribution in [2.75, 3.05) is 24.5 Å². The molecule has 0 amide bonds. The van der Waals surface area contributed by atoms with Gasteiger partial charge in [-0.25, -0.2) is 8.42 Å². The van der Waals surface area contributed by atoms with Crippen LogP contribution < -0.4 is 10.6 Å². The van der Waals surface area contributed by atoms with Crippen molar-refractivity contribution in [1.82, 2.24) is 0 Å². The summed E-state index contributed by atoms with van der Waals surface area (Å²) >= 11 is 5.85. The molecule has 6 heteroatoms. The maximum absolute atomic E-state index is 12.9. The Morgan fingerprint density at radius 1 is 1.00 bits per heavy atom. The molecule has 2 aromatic rings. The van der Waals surface area contributed by atoms with Gasteiger partial charge in [-0.15, -0.1) is 0 Å². The van der Waals surface area contributed by atoms with Gasteiger partial charge in [0.2, 0.25) is 0 Å². The molecule has 0 heterocycles. The summed E-state index contributed by atoms with van der Waals surface area (Å²) in [6.45, 7) is 6.30. The monoisotopic (exact) mass is 367 g/mol. The third-order valence-electron chi connectivity index (χ3n) is 4.17. The largest absolute Gasteiger partial charge is 0.372 e. The van der Waals surface area contributed by atoms with E-state index in [0.29, 0.717) is 5.02 Å². The smallest absolute Gasteiger partial charge is 0.190 e. The van der Waals surface area contributed by atoms with Crippen LogP contribution in [0.3, 0.4) is 0 Å². The van der Waals surface area contributed by atoms with Gasteiger partial charge in [-0.05, 0) is 55.8 Å². The molecule has 0 aliphatic rings. The van der Waals surface area contributed by atoms with Gasteiger partial charge in [0, 0.05) is 23.8 Å². The predicted octanol–water partition coefficient (Wildman–Crippen LogP) is 2.94. The lowest BCUT2D eigenvalue weighted by Gasteiger charge is -2.22. The van der Waals surface area contributed by atoms with Gasteiger partial charge in [0.25, 0.3) is 0 Å². The molecule has 0 aliphatic heterocycles. The first-order valence-corrected chi connectivity index (χ1v) is 10.00. The van der Waals surface area contributed by atoms with Crippen LogP contribution in [0.1, 0.15) is 24.7 Å². The van der Waals surface area contributed by atoms with E-state index in [1.54, 1.807) is 24.3 Å². The molecule has 0 aromatic heterocycles. The van der Waals surface area contributed by atoms with Crippen molar-refractivity contribution in [3.8, 4) is 0 Å². The first-order chi connectivity index (χ1) is 11.4. The van der Waals surface area contributed by atoms with Gasteiger partial charge in [0.15, 0.2) is 9.84 Å². The normalized spacial score (nSPS) is 12.8. The summed E-state index contributed by atoms with van der Waals surface area (Å²) < 4.78 is 25.8. The molecule has 0 saturated heterocycles. The van der Waals surface area contributed by atoms with Crippen molar-refractivity contribution in [1.29, 1.82) is 0 Å². The second kappa shape index (κ2) is 8.01. The fraction of sp³-hybridized carbons (Fsp3) is 0.333. The molecule has 0 aliphatic carbocycles. The molecular formula is C18H24ClN2O2S+. The highest BCUT2D eigenvalue weighted by molar-refractivity contribution is 7.91. The molecule has 4 nitrogen and oxygen atoms in total. The molecule has 0 unspecified atom stereocenters. The summed E-state index contributed by atoms with van der Waals surface area (Å²) in [7, 11) is -3.50. The van der Waals surface area contributed by atoms with E-state index >= 15 is 0 Å². The van der Waals surface area contributed by atoms with E-state index in [4.69, 9.17) is 11.6 Å². The lowest BCUT2D eigenvalue weighted by atomic mass is 10.1. The van der Waals surface area contributed by atoms with E-state index in [-0.39, 0.29) is 11.4 Å². The Morgan fingerprint density at radius 2 is 1.54 bits per heavy atom. The maximum Gasteiger partial charge on any atom is 0.190 e. The number of anilines is 1. The minimum Gasteiger partial charge on any atom is -0.372 e. The van der Waals surface area contributed by atoms with E-state index in [9.17, 15) is 8.42 Å². The van der Waals surface area contributed by atoms with Crippen LogP contribution in [0.5, 0.6) is 0 Å². The molecule has 130 valence electrons. The van der Waals surface area contributed by atoms with Crippen molar-refractivity contribution < 1.29 is 14.2 Å². The van der Waals surface area contributed by atoms with Crippen LogP contribution >= 0.6 is 11.6 Å². The second-order valence-electron chi connectivity index (χ2n) is 5.54. The fourth-order valence-corrected chi connectivity index (χ4v) is 4.57. The van der Waals surface area contributed by atoms with Crippen molar-refractivity contribution >= 4 is 27.1 Å². The molecule has 0 bridgehead atoms. The van der Waals surface area contributed by atoms with Crippen molar-refractivity contribution in [3.05, 3.63) is 59.1 Å². The molecule has 0 spiro atoms. The van der Waals surface area contributed by atoms with Gasteiger partial charge in [0.05, 0.1) is 11.4 Å². The van der Waals surface area contributed by atoms with Crippen LogP contribution in [0.25, 0.3) is 0 Å². The SMILES string of the molecule is CCN(CC)c1ccc([C@@H](C[NH3+])S(=O)(=O)c2ccc(Cl)cc2)cc1. The minimum absolute atomic E-state index is 0.272. The first kappa shape index (κ1) is 18.8. The highest BCUT2D eigenvalue weighted by atomic mass is 35.5. The standard InChI is InChI=1S/C18H23ClN2O2S/c1-3-21(4-2)16-9-5-14(6-10-16)18(13-20)24(22,23)17-11-7-15(19)8-12-17/h5-12,18H,3-4,13,20H2,1-2H3/p+1/t18-/m1/s1. The number of nitrogens with zero attached hydrogens (tertiary/aromatic N) is 1. The van der Waals surface area contributed by atoms with Gasteiger partial charge in [-0.1, -0.05) is 23.7 Å². The Morgan fingerprint density at radius 3 is 2.00 bits per heavy atom. The average Bonchev–Trinajstić information content (AvgIpc) is 2.58. The molecular weight excluding hydrogens is 344 g/mol. The number of hydrogen-bond acceptors (Lipinski definition) is 3. The average molecular weight is 368 g/mol. The zero-order valence-electron chi connectivity index (χ0n) is 14.1. The molecule has 0 saturated carbocycles. The van der Waals surface area contributed by atoms with E-state index in [0.717, 1.165) is 24.3 Å². The van der Waals surface area contributed by atoms with Crippen LogP contribution in [-0.4, -0.2) is 28.1 Å². The summed E-state index contributed by atoms with van der Waals surface area (Å²) in [5.41, 5.74) is 5.70. The summed E-state index contributed by atoms with van der Waals surface area (Å²) in [6.07, 6.45) is 0. The predicted molar refractivity (Wildman–Crippen MR) is 99.1 cm³/mol. The second-order valence-corrected chi connectivity index (χ2v) is 8.11. The topological polar surface area (TPSA) is 65.0 Å². The summed E-state index contributed by atoms with van der Waals surface area (Å²) in [6, 6.07) is 14.0. The lowest BCUT2D eigenvalue weighted by molar-refractivity contribution is -0.367. The molecule has 0 fully saturated rings. The lowest BCUT2D eigenvalue weighted by Crippen LogP contribution is -2.54. The number of benzene rings is 2. The van der Waals surface area contributed by atoms with E-state index in [1.807, 2.05) is 24.3 Å². The zero-order valence-corrected chi connectivity index (χ0v) is 15.6. The van der Waals surface area contributed by atoms with Gasteiger partial charge in [-0.2, -0.15) is 0 Å². The Kier molecular flexibility index (Phi) is 6.27. The van der Waals surface area contributed by atoms with E-state index < -0.39 is 15.1 Å². The van der Waals surface area contributed by atoms with Crippen molar-refractivity contribution in [2.45, 2.75) is 24.0 Å². The molecule has 2 aromatic carbocycles. The Balaban J connectivity index is 2.35. The first-order valence-electron chi connectivity index (χ1n) is 8.07. The Hall–Kier alpha value is -1.56. The quantitative estimate of drug-likeness (QED) is 0.818. The van der Waals surface area contributed by atoms with Crippen LogP contribution in [0.4, 0.5) is 5.69 Å². The fourth-order valence-electron chi connectivity index (χ4n) is 2.78. The maximum atomic E-state index is 12.9. The van der Waals surface area contributed by atoms with Crippen LogP contribution in [0.15, 0.2) is 53.4 Å². The number of hydrogen-bond donors (Lipinski definition) is 1. The zero-order chi connectivity index (χ0) is 17.7. The number of quaternary nitrogens is 1. The van der Waals surface area contributed by atoms with Gasteiger partial charge >= 0.3 is 0 Å². The summed E-state index contributed by atoms with van der Waals surface area (Å²) in [5, 5.41) is -0.145. The highest BCUT2D eigenvalue weighted by Gasteiger charge is 2.29. The molecule has 3 N–H and O–H groups in total. The number of sulfone groups is 1. The van der Waals surface area contributed by atoms with Crippen molar-refractivity contribution in [3.63, 3.8) is 0 Å². The van der Waals surface area contributed by atoms with Crippen LogP contribution in [-0.2, 0) is 9.84 Å². The Labute approximate surface area is 149 Å². The number of halogens is 1. The van der Waals surface area contributed by atoms with Gasteiger partial charge < -0.3 is 10.6 Å². The Bertz CT molecular complexity index is 755. The van der Waals surface area contributed by atoms with E-state index in [1.165, 1.54) is 0 Å². The van der Waals surface area contributed by atoms with Crippen LogP contribution in [0, 0.1) is 0 Å². The number of rotatable bonds is 7. The summed E-state index contributed by atoms with van der Waals surface area (Å²) in [4.78, 5) is 2.49. The molecule has 24 heavy (non-hydrogen) atoms. The third kappa shape index (κ3) is 3.91.